The highest BCUT2D eigenvalue weighted by molar-refractivity contribution is 6.32. The molecule has 0 amide bonds. The molecule has 0 saturated carbocycles. The summed E-state index contributed by atoms with van der Waals surface area (Å²) < 4.78 is 5.09. The minimum atomic E-state index is -0.554. The third-order valence-electron chi connectivity index (χ3n) is 2.34. The second-order valence-corrected chi connectivity index (χ2v) is 3.84. The molecule has 0 aromatic heterocycles. The normalized spacial score (nSPS) is 12.6. The summed E-state index contributed by atoms with van der Waals surface area (Å²) in [6, 6.07) is 3.55. The van der Waals surface area contributed by atoms with Gasteiger partial charge >= 0.3 is 0 Å². The van der Waals surface area contributed by atoms with Crippen molar-refractivity contribution in [1.82, 2.24) is 0 Å². The Morgan fingerprint density at radius 3 is 2.73 bits per heavy atom. The van der Waals surface area contributed by atoms with Crippen LogP contribution in [0.4, 0.5) is 0 Å². The van der Waals surface area contributed by atoms with Crippen LogP contribution in [0.15, 0.2) is 12.1 Å². The van der Waals surface area contributed by atoms with Crippen molar-refractivity contribution < 1.29 is 9.84 Å². The van der Waals surface area contributed by atoms with E-state index in [-0.39, 0.29) is 0 Å². The number of rotatable bonds is 4. The largest absolute Gasteiger partial charge is 0.495 e. The molecule has 1 rings (SSSR count). The molecule has 0 radical (unpaired) electrons. The van der Waals surface area contributed by atoms with Gasteiger partial charge in [-0.2, -0.15) is 0 Å². The van der Waals surface area contributed by atoms with Crippen LogP contribution in [0.25, 0.3) is 0 Å². The minimum Gasteiger partial charge on any atom is -0.495 e. The first-order chi connectivity index (χ1) is 7.10. The van der Waals surface area contributed by atoms with Gasteiger partial charge in [0.05, 0.1) is 18.2 Å². The molecule has 1 aromatic rings. The van der Waals surface area contributed by atoms with E-state index in [1.165, 1.54) is 0 Å². The lowest BCUT2D eigenvalue weighted by atomic mass is 10.0. The van der Waals surface area contributed by atoms with Crippen molar-refractivity contribution in [3.8, 4) is 5.75 Å². The van der Waals surface area contributed by atoms with Crippen molar-refractivity contribution in [1.29, 1.82) is 0 Å². The zero-order valence-electron chi connectivity index (χ0n) is 8.96. The third-order valence-corrected chi connectivity index (χ3v) is 2.63. The number of benzene rings is 1. The lowest BCUT2D eigenvalue weighted by Crippen LogP contribution is -2.08. The lowest BCUT2D eigenvalue weighted by Gasteiger charge is -2.15. The van der Waals surface area contributed by atoms with E-state index >= 15 is 0 Å². The Hall–Kier alpha value is -0.770. The Labute approximate surface area is 94.8 Å². The van der Waals surface area contributed by atoms with E-state index in [0.29, 0.717) is 23.7 Å². The summed E-state index contributed by atoms with van der Waals surface area (Å²) in [5.74, 6) is 0.577. The molecule has 1 unspecified atom stereocenters. The van der Waals surface area contributed by atoms with Gasteiger partial charge in [0.15, 0.2) is 0 Å². The molecule has 0 saturated heterocycles. The van der Waals surface area contributed by atoms with Gasteiger partial charge in [0.1, 0.15) is 5.75 Å². The van der Waals surface area contributed by atoms with Gasteiger partial charge in [0.25, 0.3) is 0 Å². The molecule has 1 atom stereocenters. The van der Waals surface area contributed by atoms with Crippen molar-refractivity contribution in [3.63, 3.8) is 0 Å². The summed E-state index contributed by atoms with van der Waals surface area (Å²) >= 11 is 5.95. The van der Waals surface area contributed by atoms with Crippen molar-refractivity contribution >= 4 is 11.6 Å². The number of nitrogens with two attached hydrogens (primary N) is 1. The van der Waals surface area contributed by atoms with Crippen LogP contribution in [-0.4, -0.2) is 18.8 Å². The Bertz CT molecular complexity index is 342. The average Bonchev–Trinajstić information content (AvgIpc) is 2.18. The smallest absolute Gasteiger partial charge is 0.137 e. The summed E-state index contributed by atoms with van der Waals surface area (Å²) in [7, 11) is 1.55. The molecule has 0 spiro atoms. The number of methoxy groups -OCH3 is 1. The molecule has 0 fully saturated rings. The van der Waals surface area contributed by atoms with E-state index in [9.17, 15) is 5.11 Å². The van der Waals surface area contributed by atoms with E-state index < -0.39 is 6.10 Å². The molecule has 84 valence electrons. The van der Waals surface area contributed by atoms with Gasteiger partial charge in [0.2, 0.25) is 0 Å². The van der Waals surface area contributed by atoms with Gasteiger partial charge in [-0.05, 0) is 43.1 Å². The number of aliphatic hydroxyl groups is 1. The van der Waals surface area contributed by atoms with Crippen LogP contribution in [0.5, 0.6) is 5.75 Å². The maximum Gasteiger partial charge on any atom is 0.137 e. The topological polar surface area (TPSA) is 55.5 Å². The fourth-order valence-corrected chi connectivity index (χ4v) is 1.79. The molecule has 3 nitrogen and oxygen atoms in total. The van der Waals surface area contributed by atoms with Crippen LogP contribution >= 0.6 is 11.6 Å². The zero-order valence-corrected chi connectivity index (χ0v) is 9.71. The Morgan fingerprint density at radius 2 is 2.20 bits per heavy atom. The number of hydrogen-bond donors (Lipinski definition) is 2. The molecule has 3 N–H and O–H groups in total. The Balaban J connectivity index is 3.06. The summed E-state index contributed by atoms with van der Waals surface area (Å²) in [5, 5.41) is 10.4. The molecule has 15 heavy (non-hydrogen) atoms. The maximum absolute atomic E-state index is 9.83. The van der Waals surface area contributed by atoms with Gasteiger partial charge in [-0.1, -0.05) is 11.6 Å². The van der Waals surface area contributed by atoms with Crippen LogP contribution in [0, 0.1) is 6.92 Å². The predicted octanol–water partition coefficient (Wildman–Crippen LogP) is 2.04. The number of aryl methyl sites for hydroxylation is 1. The van der Waals surface area contributed by atoms with Gasteiger partial charge in [-0.15, -0.1) is 0 Å². The summed E-state index contributed by atoms with van der Waals surface area (Å²) in [5.41, 5.74) is 7.17. The summed E-state index contributed by atoms with van der Waals surface area (Å²) in [4.78, 5) is 0. The fourth-order valence-electron chi connectivity index (χ4n) is 1.50. The SMILES string of the molecule is COc1cc(C(O)CCN)c(C)cc1Cl. The van der Waals surface area contributed by atoms with Crippen LogP contribution < -0.4 is 10.5 Å². The lowest BCUT2D eigenvalue weighted by molar-refractivity contribution is 0.169. The molecular weight excluding hydrogens is 214 g/mol. The van der Waals surface area contributed by atoms with Crippen molar-refractivity contribution in [3.05, 3.63) is 28.3 Å². The Morgan fingerprint density at radius 1 is 1.53 bits per heavy atom. The highest BCUT2D eigenvalue weighted by Gasteiger charge is 2.13. The van der Waals surface area contributed by atoms with Crippen molar-refractivity contribution in [2.75, 3.05) is 13.7 Å². The monoisotopic (exact) mass is 229 g/mol. The van der Waals surface area contributed by atoms with Gasteiger partial charge < -0.3 is 15.6 Å². The molecule has 0 aliphatic rings. The zero-order chi connectivity index (χ0) is 11.4. The number of halogens is 1. The molecule has 0 bridgehead atoms. The van der Waals surface area contributed by atoms with Crippen molar-refractivity contribution in [2.45, 2.75) is 19.4 Å². The van der Waals surface area contributed by atoms with Gasteiger partial charge in [-0.3, -0.25) is 0 Å². The van der Waals surface area contributed by atoms with E-state index in [1.807, 2.05) is 6.92 Å². The van der Waals surface area contributed by atoms with Crippen LogP contribution in [0.1, 0.15) is 23.7 Å². The van der Waals surface area contributed by atoms with E-state index in [1.54, 1.807) is 19.2 Å². The maximum atomic E-state index is 9.83. The summed E-state index contributed by atoms with van der Waals surface area (Å²) in [6.07, 6.45) is -0.0211. The third kappa shape index (κ3) is 2.84. The number of ether oxygens (including phenoxy) is 1. The number of hydrogen-bond acceptors (Lipinski definition) is 3. The second-order valence-electron chi connectivity index (χ2n) is 3.44. The average molecular weight is 230 g/mol. The first kappa shape index (κ1) is 12.3. The Kier molecular flexibility index (Phi) is 4.39. The van der Waals surface area contributed by atoms with Crippen LogP contribution in [0.3, 0.4) is 0 Å². The molecule has 0 aliphatic carbocycles. The van der Waals surface area contributed by atoms with Gasteiger partial charge in [0, 0.05) is 0 Å². The standard InChI is InChI=1S/C11H16ClNO2/c1-7-5-9(12)11(15-2)6-8(7)10(14)3-4-13/h5-6,10,14H,3-4,13H2,1-2H3. The number of aliphatic hydroxyl groups excluding tert-OH is 1. The van der Waals surface area contributed by atoms with E-state index in [4.69, 9.17) is 22.1 Å². The van der Waals surface area contributed by atoms with Gasteiger partial charge in [-0.25, -0.2) is 0 Å². The first-order valence-corrected chi connectivity index (χ1v) is 5.20. The van der Waals surface area contributed by atoms with E-state index in [2.05, 4.69) is 0 Å². The van der Waals surface area contributed by atoms with E-state index in [0.717, 1.165) is 11.1 Å². The van der Waals surface area contributed by atoms with Crippen molar-refractivity contribution in [2.24, 2.45) is 5.73 Å². The van der Waals surface area contributed by atoms with Crippen LogP contribution in [-0.2, 0) is 0 Å². The molecule has 0 heterocycles. The molecule has 0 aliphatic heterocycles. The highest BCUT2D eigenvalue weighted by atomic mass is 35.5. The quantitative estimate of drug-likeness (QED) is 0.831. The highest BCUT2D eigenvalue weighted by Crippen LogP contribution is 2.31. The summed E-state index contributed by atoms with van der Waals surface area (Å²) in [6.45, 7) is 2.35. The predicted molar refractivity (Wildman–Crippen MR) is 61.4 cm³/mol. The van der Waals surface area contributed by atoms with Crippen LogP contribution in [0.2, 0.25) is 5.02 Å². The molecule has 4 heteroatoms. The molecular formula is C11H16ClNO2. The first-order valence-electron chi connectivity index (χ1n) is 4.82. The fraction of sp³-hybridized carbons (Fsp3) is 0.455. The molecule has 1 aromatic carbocycles. The second kappa shape index (κ2) is 5.35. The minimum absolute atomic E-state index is 0.450.